The van der Waals surface area contributed by atoms with Crippen LogP contribution in [-0.2, 0) is 6.54 Å². The minimum atomic E-state index is -1.70. The third kappa shape index (κ3) is 4.90. The quantitative estimate of drug-likeness (QED) is 0.460. The van der Waals surface area contributed by atoms with Crippen LogP contribution in [0.25, 0.3) is 11.1 Å². The first-order valence-electron chi connectivity index (χ1n) is 11.5. The predicted octanol–water partition coefficient (Wildman–Crippen LogP) is 5.11. The lowest BCUT2D eigenvalue weighted by atomic mass is 9.92. The molecule has 8 heteroatoms. The number of fused-ring (bicyclic) bond motifs is 2. The maximum absolute atomic E-state index is 11.5. The van der Waals surface area contributed by atoms with Gasteiger partial charge >= 0.3 is 6.09 Å². The number of carbonyl (C=O) groups is 1. The summed E-state index contributed by atoms with van der Waals surface area (Å²) in [6.07, 6.45) is -0.889. The lowest BCUT2D eigenvalue weighted by molar-refractivity contribution is 0.0503. The fourth-order valence-corrected chi connectivity index (χ4v) is 5.36. The van der Waals surface area contributed by atoms with Crippen molar-refractivity contribution in [2.24, 2.45) is 0 Å². The summed E-state index contributed by atoms with van der Waals surface area (Å²) >= 11 is 6.97. The van der Waals surface area contributed by atoms with Gasteiger partial charge in [-0.25, -0.2) is 4.79 Å². The second kappa shape index (κ2) is 9.53. The Bertz CT molecular complexity index is 1180. The molecule has 180 valence electrons. The second-order valence-electron chi connectivity index (χ2n) is 9.91. The van der Waals surface area contributed by atoms with Gasteiger partial charge in [0.15, 0.2) is 0 Å². The molecule has 0 radical (unpaired) electrons. The van der Waals surface area contributed by atoms with Gasteiger partial charge in [-0.1, -0.05) is 49.3 Å². The highest BCUT2D eigenvalue weighted by Gasteiger charge is 2.34. The molecule has 0 unspecified atom stereocenters. The van der Waals surface area contributed by atoms with E-state index < -0.39 is 14.2 Å². The average molecular weight is 499 g/mol. The molecule has 0 aliphatic carbocycles. The van der Waals surface area contributed by atoms with Gasteiger partial charge in [0, 0.05) is 42.9 Å². The van der Waals surface area contributed by atoms with Crippen molar-refractivity contribution in [1.29, 1.82) is 0 Å². The van der Waals surface area contributed by atoms with Crippen LogP contribution in [0.15, 0.2) is 24.3 Å². The first kappa shape index (κ1) is 24.5. The molecule has 0 saturated carbocycles. The van der Waals surface area contributed by atoms with E-state index in [1.54, 1.807) is 7.11 Å². The molecule has 2 aliphatic rings. The Morgan fingerprint density at radius 3 is 2.71 bits per heavy atom. The summed E-state index contributed by atoms with van der Waals surface area (Å²) in [5, 5.41) is 10.1. The van der Waals surface area contributed by atoms with E-state index in [2.05, 4.69) is 36.0 Å². The molecular weight excluding hydrogens is 468 g/mol. The van der Waals surface area contributed by atoms with Crippen LogP contribution in [0, 0.1) is 18.4 Å². The van der Waals surface area contributed by atoms with E-state index in [9.17, 15) is 9.90 Å². The molecule has 34 heavy (non-hydrogen) atoms. The second-order valence-corrected chi connectivity index (χ2v) is 15.1. The molecule has 4 rings (SSSR count). The largest absolute Gasteiger partial charge is 0.496 e. The van der Waals surface area contributed by atoms with Crippen LogP contribution < -0.4 is 9.47 Å². The van der Waals surface area contributed by atoms with Crippen molar-refractivity contribution >= 4 is 25.8 Å². The van der Waals surface area contributed by atoms with Gasteiger partial charge in [-0.3, -0.25) is 4.90 Å². The van der Waals surface area contributed by atoms with E-state index in [1.807, 2.05) is 31.2 Å². The van der Waals surface area contributed by atoms with Crippen molar-refractivity contribution in [2.45, 2.75) is 39.2 Å². The van der Waals surface area contributed by atoms with Crippen LogP contribution in [0.4, 0.5) is 4.79 Å². The highest BCUT2D eigenvalue weighted by molar-refractivity contribution is 6.83. The Labute approximate surface area is 207 Å². The molecule has 2 aromatic rings. The van der Waals surface area contributed by atoms with Gasteiger partial charge in [-0.15, -0.1) is 5.54 Å². The number of halogens is 1. The van der Waals surface area contributed by atoms with Gasteiger partial charge in [-0.2, -0.15) is 0 Å². The third-order valence-electron chi connectivity index (χ3n) is 6.24. The number of rotatable bonds is 2. The molecule has 1 saturated heterocycles. The molecule has 6 nitrogen and oxygen atoms in total. The highest BCUT2D eigenvalue weighted by atomic mass is 35.5. The molecule has 1 fully saturated rings. The van der Waals surface area contributed by atoms with Crippen LogP contribution in [0.1, 0.15) is 16.7 Å². The van der Waals surface area contributed by atoms with E-state index in [1.165, 1.54) is 4.90 Å². The molecule has 0 spiro atoms. The normalized spacial score (nSPS) is 18.1. The molecule has 0 aromatic heterocycles. The van der Waals surface area contributed by atoms with Crippen molar-refractivity contribution in [3.05, 3.63) is 46.0 Å². The first-order valence-corrected chi connectivity index (χ1v) is 15.3. The van der Waals surface area contributed by atoms with Crippen LogP contribution in [0.3, 0.4) is 0 Å². The Balaban J connectivity index is 1.89. The minimum Gasteiger partial charge on any atom is -0.496 e. The van der Waals surface area contributed by atoms with Crippen molar-refractivity contribution in [2.75, 3.05) is 33.4 Å². The lowest BCUT2D eigenvalue weighted by Crippen LogP contribution is -2.55. The number of nitrogens with zero attached hydrogens (tertiary/aromatic N) is 2. The zero-order valence-corrected chi connectivity index (χ0v) is 22.1. The molecule has 2 aliphatic heterocycles. The smallest absolute Gasteiger partial charge is 0.407 e. The summed E-state index contributed by atoms with van der Waals surface area (Å²) < 4.78 is 12.1. The van der Waals surface area contributed by atoms with Gasteiger partial charge in [0.1, 0.15) is 26.2 Å². The number of ether oxygens (including phenoxy) is 2. The lowest BCUT2D eigenvalue weighted by Gasteiger charge is -2.38. The molecule has 1 N–H and O–H groups in total. The molecule has 1 atom stereocenters. The number of hydrogen-bond donors (Lipinski definition) is 1. The summed E-state index contributed by atoms with van der Waals surface area (Å²) in [5.41, 5.74) is 8.05. The van der Waals surface area contributed by atoms with Crippen molar-refractivity contribution in [1.82, 2.24) is 9.80 Å². The Hall–Kier alpha value is -2.66. The maximum atomic E-state index is 11.5. The van der Waals surface area contributed by atoms with Gasteiger partial charge in [0.2, 0.25) is 0 Å². The topological polar surface area (TPSA) is 62.2 Å². The van der Waals surface area contributed by atoms with Crippen molar-refractivity contribution < 1.29 is 19.4 Å². The van der Waals surface area contributed by atoms with Crippen LogP contribution >= 0.6 is 11.6 Å². The summed E-state index contributed by atoms with van der Waals surface area (Å²) in [4.78, 5) is 15.3. The van der Waals surface area contributed by atoms with E-state index in [4.69, 9.17) is 21.1 Å². The Morgan fingerprint density at radius 2 is 2.03 bits per heavy atom. The van der Waals surface area contributed by atoms with E-state index in [-0.39, 0.29) is 6.04 Å². The van der Waals surface area contributed by atoms with Gasteiger partial charge in [0.05, 0.1) is 23.7 Å². The number of carboxylic acid groups (broad SMARTS) is 1. The zero-order chi connectivity index (χ0) is 24.6. The van der Waals surface area contributed by atoms with E-state index in [0.717, 1.165) is 39.3 Å². The Kier molecular flexibility index (Phi) is 6.86. The summed E-state index contributed by atoms with van der Waals surface area (Å²) in [7, 11) is -0.0420. The van der Waals surface area contributed by atoms with Gasteiger partial charge in [0.25, 0.3) is 0 Å². The molecule has 0 bridgehead atoms. The van der Waals surface area contributed by atoms with Crippen LogP contribution in [0.5, 0.6) is 11.5 Å². The number of hydrogen-bond acceptors (Lipinski definition) is 4. The van der Waals surface area contributed by atoms with Crippen LogP contribution in [-0.4, -0.2) is 68.5 Å². The fourth-order valence-electron chi connectivity index (χ4n) is 4.54. The number of aryl methyl sites for hydroxylation is 1. The van der Waals surface area contributed by atoms with Crippen LogP contribution in [0.2, 0.25) is 24.7 Å². The van der Waals surface area contributed by atoms with Gasteiger partial charge < -0.3 is 19.5 Å². The SMILES string of the molecule is COc1cccc(C)c1-c1c(Cl)cc2c(c1C#C[Si](C)(C)C)OC[C@H]1CN(C(=O)O)CCN1C2. The standard InChI is InChI=1S/C26H31ClN2O4Si/c1-17-7-6-8-22(32-2)23(17)24-20(9-12-34(3,4)5)25-18(13-21(24)27)14-28-10-11-29(26(30)31)15-19(28)16-33-25/h6-8,13,19H,10-11,14-16H2,1-5H3,(H,30,31)/t19-/m1/s1. The molecule has 2 aromatic carbocycles. The van der Waals surface area contributed by atoms with Gasteiger partial charge in [-0.05, 0) is 24.6 Å². The maximum Gasteiger partial charge on any atom is 0.407 e. The number of methoxy groups -OCH3 is 1. The summed E-state index contributed by atoms with van der Waals surface area (Å²) in [6.45, 7) is 11.2. The monoisotopic (exact) mass is 498 g/mol. The van der Waals surface area contributed by atoms with Crippen molar-refractivity contribution in [3.8, 4) is 34.1 Å². The number of benzene rings is 2. The molecule has 1 amide bonds. The zero-order valence-electron chi connectivity index (χ0n) is 20.4. The third-order valence-corrected chi connectivity index (χ3v) is 7.42. The fraction of sp³-hybridized carbons (Fsp3) is 0.423. The van der Waals surface area contributed by atoms with E-state index >= 15 is 0 Å². The molecule has 2 heterocycles. The van der Waals surface area contributed by atoms with Crippen molar-refractivity contribution in [3.63, 3.8) is 0 Å². The minimum absolute atomic E-state index is 0.0229. The highest BCUT2D eigenvalue weighted by Crippen LogP contribution is 2.45. The average Bonchev–Trinajstić information content (AvgIpc) is 2.95. The predicted molar refractivity (Wildman–Crippen MR) is 138 cm³/mol. The number of piperazine rings is 1. The first-order chi connectivity index (χ1) is 16.1. The number of amides is 1. The molecular formula is C26H31ClN2O4Si. The summed E-state index contributed by atoms with van der Waals surface area (Å²) in [6, 6.07) is 7.89. The Morgan fingerprint density at radius 1 is 1.26 bits per heavy atom. The van der Waals surface area contributed by atoms with E-state index in [0.29, 0.717) is 37.8 Å². The summed E-state index contributed by atoms with van der Waals surface area (Å²) in [5.74, 6) is 4.94.